The first kappa shape index (κ1) is 14.2. The molecule has 2 aromatic heterocycles. The van der Waals surface area contributed by atoms with Crippen molar-refractivity contribution < 1.29 is 13.9 Å². The highest BCUT2D eigenvalue weighted by Gasteiger charge is 2.18. The minimum absolute atomic E-state index is 0.267. The van der Waals surface area contributed by atoms with Crippen LogP contribution >= 0.6 is 0 Å². The zero-order valence-corrected chi connectivity index (χ0v) is 11.5. The Balaban J connectivity index is 2.43. The molecule has 0 amide bonds. The van der Waals surface area contributed by atoms with Crippen molar-refractivity contribution in [1.82, 2.24) is 9.55 Å². The van der Waals surface area contributed by atoms with Crippen molar-refractivity contribution in [1.29, 1.82) is 0 Å². The number of carbonyl (C=O) groups is 1. The number of esters is 1. The van der Waals surface area contributed by atoms with Gasteiger partial charge in [0.1, 0.15) is 18.0 Å². The van der Waals surface area contributed by atoms with Crippen LogP contribution < -0.4 is 5.56 Å². The zero-order valence-electron chi connectivity index (χ0n) is 11.5. The van der Waals surface area contributed by atoms with Gasteiger partial charge in [0.15, 0.2) is 0 Å². The molecule has 0 aliphatic heterocycles. The summed E-state index contributed by atoms with van der Waals surface area (Å²) in [4.78, 5) is 27.5. The van der Waals surface area contributed by atoms with E-state index in [1.807, 2.05) is 0 Å². The molecule has 0 spiro atoms. The van der Waals surface area contributed by atoms with E-state index in [0.29, 0.717) is 5.52 Å². The molecule has 0 aliphatic carbocycles. The van der Waals surface area contributed by atoms with Gasteiger partial charge in [0.25, 0.3) is 5.56 Å². The van der Waals surface area contributed by atoms with Crippen LogP contribution in [0.4, 0.5) is 4.39 Å². The second-order valence-electron chi connectivity index (χ2n) is 5.40. The quantitative estimate of drug-likeness (QED) is 0.787. The fraction of sp³-hybridized carbons (Fsp3) is 0.357. The van der Waals surface area contributed by atoms with Crippen molar-refractivity contribution in [3.05, 3.63) is 40.6 Å². The van der Waals surface area contributed by atoms with Gasteiger partial charge in [0, 0.05) is 12.1 Å². The molecular weight excluding hydrogens is 263 g/mol. The number of rotatable bonds is 2. The predicted molar refractivity (Wildman–Crippen MR) is 71.8 cm³/mol. The highest BCUT2D eigenvalue weighted by Crippen LogP contribution is 2.12. The third-order valence-electron chi connectivity index (χ3n) is 2.51. The van der Waals surface area contributed by atoms with Crippen LogP contribution in [0.1, 0.15) is 20.8 Å². The monoisotopic (exact) mass is 278 g/mol. The molecule has 0 aromatic carbocycles. The van der Waals surface area contributed by atoms with E-state index in [1.54, 1.807) is 20.8 Å². The van der Waals surface area contributed by atoms with Gasteiger partial charge >= 0.3 is 5.97 Å². The minimum Gasteiger partial charge on any atom is -0.459 e. The molecule has 5 nitrogen and oxygen atoms in total. The smallest absolute Gasteiger partial charge is 0.326 e. The Morgan fingerprint density at radius 3 is 2.75 bits per heavy atom. The third-order valence-corrected chi connectivity index (χ3v) is 2.51. The van der Waals surface area contributed by atoms with E-state index in [1.165, 1.54) is 18.2 Å². The van der Waals surface area contributed by atoms with Gasteiger partial charge in [-0.1, -0.05) is 0 Å². The molecule has 0 N–H and O–H groups in total. The number of hydrogen-bond donors (Lipinski definition) is 0. The Bertz CT molecular complexity index is 716. The maximum atomic E-state index is 13.3. The van der Waals surface area contributed by atoms with Gasteiger partial charge < -0.3 is 4.74 Å². The summed E-state index contributed by atoms with van der Waals surface area (Å²) in [7, 11) is 0. The highest BCUT2D eigenvalue weighted by atomic mass is 19.1. The fourth-order valence-electron chi connectivity index (χ4n) is 1.81. The Hall–Kier alpha value is -2.24. The van der Waals surface area contributed by atoms with Crippen LogP contribution in [0.15, 0.2) is 29.2 Å². The highest BCUT2D eigenvalue weighted by molar-refractivity contribution is 5.77. The number of pyridine rings is 2. The van der Waals surface area contributed by atoms with E-state index in [2.05, 4.69) is 4.98 Å². The van der Waals surface area contributed by atoms with Gasteiger partial charge in [0.05, 0.1) is 17.2 Å². The number of aromatic nitrogens is 2. The van der Waals surface area contributed by atoms with E-state index < -0.39 is 22.9 Å². The topological polar surface area (TPSA) is 61.2 Å². The lowest BCUT2D eigenvalue weighted by Crippen LogP contribution is -2.30. The van der Waals surface area contributed by atoms with Crippen molar-refractivity contribution in [3.8, 4) is 0 Å². The zero-order chi connectivity index (χ0) is 14.9. The predicted octanol–water partition coefficient (Wildman–Crippen LogP) is 1.88. The lowest BCUT2D eigenvalue weighted by molar-refractivity contribution is -0.155. The Morgan fingerprint density at radius 1 is 1.40 bits per heavy atom. The van der Waals surface area contributed by atoms with Crippen LogP contribution in [0.25, 0.3) is 11.0 Å². The molecule has 106 valence electrons. The Morgan fingerprint density at radius 2 is 2.10 bits per heavy atom. The molecule has 0 fully saturated rings. The number of hydrogen-bond acceptors (Lipinski definition) is 4. The Labute approximate surface area is 115 Å². The van der Waals surface area contributed by atoms with Crippen LogP contribution in [0, 0.1) is 5.82 Å². The first-order valence-corrected chi connectivity index (χ1v) is 6.13. The lowest BCUT2D eigenvalue weighted by Gasteiger charge is -2.20. The maximum absolute atomic E-state index is 13.3. The summed E-state index contributed by atoms with van der Waals surface area (Å²) in [5, 5.41) is 0. The molecular formula is C14H15FN2O3. The normalized spacial score (nSPS) is 11.6. The standard InChI is InChI=1S/C14H15FN2O3/c1-14(2,3)20-13(19)8-17-11-6-9(15)7-16-10(11)4-5-12(17)18/h4-7H,8H2,1-3H3. The summed E-state index contributed by atoms with van der Waals surface area (Å²) < 4.78 is 19.6. The summed E-state index contributed by atoms with van der Waals surface area (Å²) >= 11 is 0. The van der Waals surface area contributed by atoms with Crippen LogP contribution in [-0.4, -0.2) is 21.1 Å². The molecule has 2 rings (SSSR count). The average Bonchev–Trinajstić information content (AvgIpc) is 2.31. The van der Waals surface area contributed by atoms with Gasteiger partial charge in [-0.05, 0) is 26.8 Å². The SMILES string of the molecule is CC(C)(C)OC(=O)Cn1c(=O)ccc2ncc(F)cc21. The molecule has 0 radical (unpaired) electrons. The van der Waals surface area contributed by atoms with Gasteiger partial charge in [-0.15, -0.1) is 0 Å². The molecule has 6 heteroatoms. The molecule has 2 heterocycles. The van der Waals surface area contributed by atoms with Crippen molar-refractivity contribution in [2.45, 2.75) is 32.9 Å². The molecule has 2 aromatic rings. The number of nitrogens with zero attached hydrogens (tertiary/aromatic N) is 2. The molecule has 0 bridgehead atoms. The molecule has 0 saturated carbocycles. The van der Waals surface area contributed by atoms with Crippen molar-refractivity contribution in [3.63, 3.8) is 0 Å². The number of carbonyl (C=O) groups excluding carboxylic acids is 1. The first-order chi connectivity index (χ1) is 9.26. The van der Waals surface area contributed by atoms with Crippen molar-refractivity contribution >= 4 is 17.0 Å². The van der Waals surface area contributed by atoms with E-state index in [9.17, 15) is 14.0 Å². The van der Waals surface area contributed by atoms with Gasteiger partial charge in [-0.3, -0.25) is 19.1 Å². The van der Waals surface area contributed by atoms with Gasteiger partial charge in [0.2, 0.25) is 0 Å². The molecule has 0 atom stereocenters. The fourth-order valence-corrected chi connectivity index (χ4v) is 1.81. The summed E-state index contributed by atoms with van der Waals surface area (Å²) in [6, 6.07) is 3.95. The first-order valence-electron chi connectivity index (χ1n) is 6.13. The molecule has 0 unspecified atom stereocenters. The largest absolute Gasteiger partial charge is 0.459 e. The minimum atomic E-state index is -0.644. The van der Waals surface area contributed by atoms with E-state index >= 15 is 0 Å². The van der Waals surface area contributed by atoms with E-state index in [-0.39, 0.29) is 12.1 Å². The Kier molecular flexibility index (Phi) is 3.57. The lowest BCUT2D eigenvalue weighted by atomic mass is 10.2. The van der Waals surface area contributed by atoms with Crippen molar-refractivity contribution in [2.75, 3.05) is 0 Å². The van der Waals surface area contributed by atoms with Crippen LogP contribution in [0.3, 0.4) is 0 Å². The average molecular weight is 278 g/mol. The number of ether oxygens (including phenoxy) is 1. The number of fused-ring (bicyclic) bond motifs is 1. The van der Waals surface area contributed by atoms with Gasteiger partial charge in [-0.2, -0.15) is 0 Å². The summed E-state index contributed by atoms with van der Waals surface area (Å²) in [5.41, 5.74) is -0.344. The number of halogens is 1. The van der Waals surface area contributed by atoms with Crippen molar-refractivity contribution in [2.24, 2.45) is 0 Å². The third kappa shape index (κ3) is 3.20. The summed E-state index contributed by atoms with van der Waals surface area (Å²) in [6.07, 6.45) is 1.06. The summed E-state index contributed by atoms with van der Waals surface area (Å²) in [5.74, 6) is -1.13. The molecule has 0 saturated heterocycles. The maximum Gasteiger partial charge on any atom is 0.326 e. The second-order valence-corrected chi connectivity index (χ2v) is 5.40. The van der Waals surface area contributed by atoms with Crippen LogP contribution in [0.5, 0.6) is 0 Å². The van der Waals surface area contributed by atoms with Crippen LogP contribution in [-0.2, 0) is 16.1 Å². The second kappa shape index (κ2) is 5.03. The molecule has 0 aliphatic rings. The van der Waals surface area contributed by atoms with E-state index in [4.69, 9.17) is 4.74 Å². The summed E-state index contributed by atoms with van der Waals surface area (Å²) in [6.45, 7) is 4.92. The van der Waals surface area contributed by atoms with Crippen LogP contribution in [0.2, 0.25) is 0 Å². The van der Waals surface area contributed by atoms with E-state index in [0.717, 1.165) is 10.8 Å². The molecule has 20 heavy (non-hydrogen) atoms. The van der Waals surface area contributed by atoms with Gasteiger partial charge in [-0.25, -0.2) is 4.39 Å².